The zero-order chi connectivity index (χ0) is 24.2. The highest BCUT2D eigenvalue weighted by Gasteiger charge is 2.44. The lowest BCUT2D eigenvalue weighted by molar-refractivity contribution is -0.138. The molecule has 2 unspecified atom stereocenters. The summed E-state index contributed by atoms with van der Waals surface area (Å²) in [5.74, 6) is 0.873. The maximum atomic E-state index is 13.9. The second-order valence-electron chi connectivity index (χ2n) is 8.63. The molecule has 0 radical (unpaired) electrons. The van der Waals surface area contributed by atoms with Crippen molar-refractivity contribution in [3.63, 3.8) is 0 Å². The first-order valence-corrected chi connectivity index (χ1v) is 10.8. The molecule has 1 fully saturated rings. The van der Waals surface area contributed by atoms with Crippen LogP contribution in [-0.2, 0) is 29.2 Å². The predicted molar refractivity (Wildman–Crippen MR) is 116 cm³/mol. The van der Waals surface area contributed by atoms with Crippen LogP contribution < -0.4 is 4.90 Å². The van der Waals surface area contributed by atoms with Gasteiger partial charge in [0.2, 0.25) is 0 Å². The van der Waals surface area contributed by atoms with Crippen molar-refractivity contribution in [2.75, 3.05) is 19.1 Å². The summed E-state index contributed by atoms with van der Waals surface area (Å²) in [4.78, 5) is 14.7. The minimum atomic E-state index is -4.62. The zero-order valence-corrected chi connectivity index (χ0v) is 18.8. The number of nitrogens with zero attached hydrogens (tertiary/aromatic N) is 4. The molecule has 1 saturated carbocycles. The Morgan fingerprint density at radius 2 is 1.88 bits per heavy atom. The Morgan fingerprint density at radius 3 is 2.53 bits per heavy atom. The van der Waals surface area contributed by atoms with Crippen LogP contribution >= 0.6 is 0 Å². The SMILES string of the molecule is COC(OC)c1cc2c(c(C(F)(F)F)c1)CN(c1cccc(C3CC3c3nncn3C)c1)C2=O. The number of ether oxygens (including phenoxy) is 2. The summed E-state index contributed by atoms with van der Waals surface area (Å²) in [6.45, 7) is -0.158. The number of carbonyl (C=O) groups excluding carboxylic acids is 1. The Balaban J connectivity index is 1.47. The molecule has 2 aromatic carbocycles. The molecule has 7 nitrogen and oxygen atoms in total. The highest BCUT2D eigenvalue weighted by Crippen LogP contribution is 2.54. The molecule has 0 bridgehead atoms. The van der Waals surface area contributed by atoms with E-state index in [1.807, 2.05) is 29.8 Å². The van der Waals surface area contributed by atoms with Gasteiger partial charge in [-0.15, -0.1) is 10.2 Å². The highest BCUT2D eigenvalue weighted by atomic mass is 19.4. The van der Waals surface area contributed by atoms with E-state index in [0.29, 0.717) is 5.69 Å². The van der Waals surface area contributed by atoms with Crippen LogP contribution in [0.3, 0.4) is 0 Å². The lowest BCUT2D eigenvalue weighted by Gasteiger charge is -2.18. The van der Waals surface area contributed by atoms with E-state index < -0.39 is 23.9 Å². The maximum absolute atomic E-state index is 13.9. The summed E-state index contributed by atoms with van der Waals surface area (Å²) in [5.41, 5.74) is 0.843. The molecule has 178 valence electrons. The third kappa shape index (κ3) is 3.76. The number of rotatable bonds is 6. The van der Waals surface area contributed by atoms with Gasteiger partial charge in [-0.2, -0.15) is 13.2 Å². The van der Waals surface area contributed by atoms with E-state index in [-0.39, 0.29) is 35.1 Å². The fraction of sp³-hybridized carbons (Fsp3) is 0.375. The molecule has 10 heteroatoms. The van der Waals surface area contributed by atoms with Gasteiger partial charge >= 0.3 is 6.18 Å². The lowest BCUT2D eigenvalue weighted by atomic mass is 9.98. The van der Waals surface area contributed by atoms with Crippen molar-refractivity contribution in [1.29, 1.82) is 0 Å². The fourth-order valence-electron chi connectivity index (χ4n) is 4.80. The number of anilines is 1. The minimum Gasteiger partial charge on any atom is -0.352 e. The number of methoxy groups -OCH3 is 2. The number of hydrogen-bond acceptors (Lipinski definition) is 5. The predicted octanol–water partition coefficient (Wildman–Crippen LogP) is 4.56. The summed E-state index contributed by atoms with van der Waals surface area (Å²) in [5, 5.41) is 8.12. The molecule has 2 atom stereocenters. The molecule has 1 aromatic heterocycles. The van der Waals surface area contributed by atoms with Gasteiger partial charge in [0.05, 0.1) is 12.1 Å². The van der Waals surface area contributed by atoms with Crippen molar-refractivity contribution >= 4 is 11.6 Å². The number of halogens is 3. The van der Waals surface area contributed by atoms with Gasteiger partial charge < -0.3 is 18.9 Å². The average Bonchev–Trinajstić information content (AvgIpc) is 3.38. The lowest BCUT2D eigenvalue weighted by Crippen LogP contribution is -2.23. The van der Waals surface area contributed by atoms with E-state index in [0.717, 1.165) is 23.9 Å². The molecule has 1 aliphatic heterocycles. The second kappa shape index (κ2) is 8.21. The summed E-state index contributed by atoms with van der Waals surface area (Å²) < 4.78 is 53.9. The molecular formula is C24H23F3N4O3. The van der Waals surface area contributed by atoms with E-state index in [4.69, 9.17) is 9.47 Å². The third-order valence-electron chi connectivity index (χ3n) is 6.55. The average molecular weight is 472 g/mol. The largest absolute Gasteiger partial charge is 0.416 e. The molecule has 34 heavy (non-hydrogen) atoms. The smallest absolute Gasteiger partial charge is 0.352 e. The van der Waals surface area contributed by atoms with Gasteiger partial charge in [-0.1, -0.05) is 12.1 Å². The number of alkyl halides is 3. The Bertz CT molecular complexity index is 1250. The van der Waals surface area contributed by atoms with Crippen molar-refractivity contribution in [3.05, 3.63) is 76.4 Å². The number of fused-ring (bicyclic) bond motifs is 1. The topological polar surface area (TPSA) is 69.5 Å². The van der Waals surface area contributed by atoms with E-state index in [9.17, 15) is 18.0 Å². The first-order chi connectivity index (χ1) is 16.2. The van der Waals surface area contributed by atoms with Crippen LogP contribution in [0.25, 0.3) is 0 Å². The standard InChI is InChI=1S/C24H23F3N4O3/c1-30-12-28-29-21(30)17-10-16(17)13-5-4-6-15(7-13)31-11-19-18(22(31)32)8-14(23(33-2)34-3)9-20(19)24(25,26)27/h4-9,12,16-17,23H,10-11H2,1-3H3. The van der Waals surface area contributed by atoms with Crippen LogP contribution in [-0.4, -0.2) is 34.9 Å². The van der Waals surface area contributed by atoms with Crippen LogP contribution in [0.2, 0.25) is 0 Å². The van der Waals surface area contributed by atoms with Crippen LogP contribution in [0.1, 0.15) is 63.0 Å². The van der Waals surface area contributed by atoms with Gasteiger partial charge in [0.25, 0.3) is 5.91 Å². The number of benzene rings is 2. The maximum Gasteiger partial charge on any atom is 0.416 e. The summed E-state index contributed by atoms with van der Waals surface area (Å²) >= 11 is 0. The van der Waals surface area contributed by atoms with Crippen molar-refractivity contribution in [2.45, 2.75) is 37.3 Å². The van der Waals surface area contributed by atoms with Gasteiger partial charge in [-0.3, -0.25) is 4.79 Å². The molecule has 3 aromatic rings. The van der Waals surface area contributed by atoms with Gasteiger partial charge in [0.1, 0.15) is 12.2 Å². The van der Waals surface area contributed by atoms with E-state index >= 15 is 0 Å². The molecule has 1 amide bonds. The van der Waals surface area contributed by atoms with E-state index in [1.165, 1.54) is 25.2 Å². The summed E-state index contributed by atoms with van der Waals surface area (Å²) in [7, 11) is 4.56. The fourth-order valence-corrected chi connectivity index (χ4v) is 4.80. The quantitative estimate of drug-likeness (QED) is 0.492. The third-order valence-corrected chi connectivity index (χ3v) is 6.55. The van der Waals surface area contributed by atoms with Crippen LogP contribution in [0.4, 0.5) is 18.9 Å². The highest BCUT2D eigenvalue weighted by molar-refractivity contribution is 6.10. The van der Waals surface area contributed by atoms with Crippen LogP contribution in [0.5, 0.6) is 0 Å². The van der Waals surface area contributed by atoms with Crippen LogP contribution in [0, 0.1) is 0 Å². The number of hydrogen-bond donors (Lipinski definition) is 0. The minimum absolute atomic E-state index is 0.0118. The Hall–Kier alpha value is -3.24. The van der Waals surface area contributed by atoms with Gasteiger partial charge in [-0.25, -0.2) is 0 Å². The Morgan fingerprint density at radius 1 is 1.12 bits per heavy atom. The normalized spacial score (nSPS) is 19.7. The molecule has 0 saturated heterocycles. The summed E-state index contributed by atoms with van der Waals surface area (Å²) in [6, 6.07) is 9.85. The Kier molecular flexibility index (Phi) is 5.44. The zero-order valence-electron chi connectivity index (χ0n) is 18.8. The van der Waals surface area contributed by atoms with Crippen molar-refractivity contribution in [3.8, 4) is 0 Å². The van der Waals surface area contributed by atoms with E-state index in [2.05, 4.69) is 10.2 Å². The molecule has 1 aliphatic carbocycles. The van der Waals surface area contributed by atoms with E-state index in [1.54, 1.807) is 12.4 Å². The van der Waals surface area contributed by atoms with Gasteiger partial charge in [0, 0.05) is 44.0 Å². The van der Waals surface area contributed by atoms with Crippen molar-refractivity contribution in [1.82, 2.24) is 14.8 Å². The number of carbonyl (C=O) groups is 1. The molecule has 0 N–H and O–H groups in total. The monoisotopic (exact) mass is 472 g/mol. The molecule has 2 aliphatic rings. The molecular weight excluding hydrogens is 449 g/mol. The summed E-state index contributed by atoms with van der Waals surface area (Å²) in [6.07, 6.45) is -3.07. The molecule has 0 spiro atoms. The number of aromatic nitrogens is 3. The number of aryl methyl sites for hydroxylation is 1. The molecule has 2 heterocycles. The van der Waals surface area contributed by atoms with Crippen molar-refractivity contribution in [2.24, 2.45) is 7.05 Å². The van der Waals surface area contributed by atoms with Crippen molar-refractivity contribution < 1.29 is 27.4 Å². The molecule has 5 rings (SSSR count). The second-order valence-corrected chi connectivity index (χ2v) is 8.63. The first-order valence-electron chi connectivity index (χ1n) is 10.8. The van der Waals surface area contributed by atoms with Gasteiger partial charge in [0.15, 0.2) is 6.29 Å². The number of amides is 1. The Labute approximate surface area is 194 Å². The first kappa shape index (κ1) is 22.5. The van der Waals surface area contributed by atoms with Crippen LogP contribution in [0.15, 0.2) is 42.7 Å². The van der Waals surface area contributed by atoms with Gasteiger partial charge in [-0.05, 0) is 47.7 Å².